The maximum atomic E-state index is 11.0. The number of ether oxygens (including phenoxy) is 1. The zero-order valence-electron chi connectivity index (χ0n) is 19.0. The molecule has 142 valence electrons. The summed E-state index contributed by atoms with van der Waals surface area (Å²) in [5.41, 5.74) is 3.36. The van der Waals surface area contributed by atoms with Gasteiger partial charge >= 0.3 is 5.97 Å². The van der Waals surface area contributed by atoms with Crippen LogP contribution in [0.2, 0.25) is 0 Å². The summed E-state index contributed by atoms with van der Waals surface area (Å²) in [5, 5.41) is 9.04. The van der Waals surface area contributed by atoms with Gasteiger partial charge in [-0.1, -0.05) is 24.3 Å². The summed E-state index contributed by atoms with van der Waals surface area (Å²) in [6, 6.07) is 15.7. The third kappa shape index (κ3) is 4.18. The van der Waals surface area contributed by atoms with Crippen LogP contribution in [0.4, 0.5) is 5.69 Å². The molecule has 0 spiro atoms. The minimum absolute atomic E-state index is 0.0579. The van der Waals surface area contributed by atoms with Crippen molar-refractivity contribution in [1.82, 2.24) is 9.97 Å². The van der Waals surface area contributed by atoms with E-state index in [0.717, 1.165) is 11.1 Å². The third-order valence-corrected chi connectivity index (χ3v) is 4.45. The standard InChI is InChI=1S/C22H21N3O3/c26-22(27)18-5-3-17(4-6-18)20-9-10-23-21(24-20)15-16-1-7-19(8-2-16)25-11-13-28-14-12-25/h1-10H,11-15H2,(H,26,27)/i13D2,14D2. The highest BCUT2D eigenvalue weighted by Crippen LogP contribution is 2.20. The quantitative estimate of drug-likeness (QED) is 0.733. The fourth-order valence-corrected chi connectivity index (χ4v) is 2.95. The van der Waals surface area contributed by atoms with Gasteiger partial charge < -0.3 is 14.7 Å². The van der Waals surface area contributed by atoms with E-state index in [2.05, 4.69) is 9.97 Å². The van der Waals surface area contributed by atoms with Gasteiger partial charge in [-0.2, -0.15) is 0 Å². The Morgan fingerprint density at radius 3 is 2.46 bits per heavy atom. The SMILES string of the molecule is [2H]C1([2H])CN(c2ccc(Cc3nccc(-c4ccc(C(=O)O)cc4)n3)cc2)CC([2H])([2H])O1. The summed E-state index contributed by atoms with van der Waals surface area (Å²) in [7, 11) is 0. The second kappa shape index (κ2) is 8.19. The number of aromatic carboxylic acids is 1. The Morgan fingerprint density at radius 1 is 1.07 bits per heavy atom. The van der Waals surface area contributed by atoms with E-state index in [4.69, 9.17) is 15.3 Å². The summed E-state index contributed by atoms with van der Waals surface area (Å²) >= 11 is 0. The maximum absolute atomic E-state index is 11.0. The molecule has 0 bridgehead atoms. The normalized spacial score (nSPS) is 19.8. The predicted octanol–water partition coefficient (Wildman–Crippen LogP) is 3.27. The van der Waals surface area contributed by atoms with Crippen molar-refractivity contribution in [3.8, 4) is 11.3 Å². The Balaban J connectivity index is 1.48. The van der Waals surface area contributed by atoms with E-state index < -0.39 is 19.1 Å². The van der Waals surface area contributed by atoms with Gasteiger partial charge in [0, 0.05) is 37.0 Å². The van der Waals surface area contributed by atoms with Gasteiger partial charge in [-0.15, -0.1) is 0 Å². The van der Waals surface area contributed by atoms with Gasteiger partial charge in [0.1, 0.15) is 5.82 Å². The number of anilines is 1. The molecule has 1 aliphatic heterocycles. The molecular weight excluding hydrogens is 354 g/mol. The number of hydrogen-bond acceptors (Lipinski definition) is 5. The van der Waals surface area contributed by atoms with Crippen LogP contribution in [0.1, 0.15) is 27.2 Å². The number of carbonyl (C=O) groups is 1. The Hall–Kier alpha value is -3.25. The van der Waals surface area contributed by atoms with Crippen LogP contribution < -0.4 is 4.90 Å². The largest absolute Gasteiger partial charge is 0.478 e. The molecule has 0 unspecified atom stereocenters. The molecule has 0 radical (unpaired) electrons. The van der Waals surface area contributed by atoms with Crippen LogP contribution in [0.25, 0.3) is 11.3 Å². The van der Waals surface area contributed by atoms with Crippen molar-refractivity contribution in [2.24, 2.45) is 0 Å². The van der Waals surface area contributed by atoms with E-state index in [1.54, 1.807) is 29.3 Å². The van der Waals surface area contributed by atoms with Gasteiger partial charge in [-0.05, 0) is 35.9 Å². The van der Waals surface area contributed by atoms with E-state index in [0.29, 0.717) is 23.6 Å². The minimum Gasteiger partial charge on any atom is -0.478 e. The highest BCUT2D eigenvalue weighted by Gasteiger charge is 2.11. The monoisotopic (exact) mass is 379 g/mol. The average Bonchev–Trinajstić information content (AvgIpc) is 2.72. The first-order valence-corrected chi connectivity index (χ1v) is 8.80. The molecule has 0 saturated carbocycles. The minimum atomic E-state index is -2.07. The number of carboxylic acids is 1. The number of nitrogens with zero attached hydrogens (tertiary/aromatic N) is 3. The zero-order valence-corrected chi connectivity index (χ0v) is 15.0. The van der Waals surface area contributed by atoms with E-state index >= 15 is 0 Å². The molecule has 1 fully saturated rings. The Bertz CT molecular complexity index is 1110. The molecule has 6 nitrogen and oxygen atoms in total. The van der Waals surface area contributed by atoms with Crippen LogP contribution in [-0.2, 0) is 11.2 Å². The van der Waals surface area contributed by atoms with Crippen molar-refractivity contribution in [2.45, 2.75) is 6.42 Å². The van der Waals surface area contributed by atoms with Gasteiger partial charge in [0.2, 0.25) is 0 Å². The summed E-state index contributed by atoms with van der Waals surface area (Å²) in [6.07, 6.45) is 2.14. The molecule has 0 atom stereocenters. The molecule has 2 aromatic carbocycles. The lowest BCUT2D eigenvalue weighted by atomic mass is 10.1. The lowest BCUT2D eigenvalue weighted by Gasteiger charge is -2.28. The van der Waals surface area contributed by atoms with E-state index in [1.807, 2.05) is 24.3 Å². The van der Waals surface area contributed by atoms with E-state index in [9.17, 15) is 4.79 Å². The van der Waals surface area contributed by atoms with Gasteiger partial charge in [-0.3, -0.25) is 0 Å². The Morgan fingerprint density at radius 2 is 1.79 bits per heavy atom. The van der Waals surface area contributed by atoms with Gasteiger partial charge in [0.25, 0.3) is 0 Å². The average molecular weight is 379 g/mol. The maximum Gasteiger partial charge on any atom is 0.335 e. The second-order valence-corrected chi connectivity index (χ2v) is 6.33. The molecule has 4 rings (SSSR count). The topological polar surface area (TPSA) is 75.6 Å². The Kier molecular flexibility index (Phi) is 4.05. The molecule has 2 heterocycles. The number of hydrogen-bond donors (Lipinski definition) is 1. The Labute approximate surface area is 169 Å². The third-order valence-electron chi connectivity index (χ3n) is 4.45. The molecule has 28 heavy (non-hydrogen) atoms. The summed E-state index contributed by atoms with van der Waals surface area (Å²) in [4.78, 5) is 21.6. The number of carboxylic acid groups (broad SMARTS) is 1. The first kappa shape index (κ1) is 13.8. The smallest absolute Gasteiger partial charge is 0.335 e. The van der Waals surface area contributed by atoms with Crippen molar-refractivity contribution in [3.05, 3.63) is 77.7 Å². The summed E-state index contributed by atoms with van der Waals surface area (Å²) < 4.78 is 36.0. The zero-order chi connectivity index (χ0) is 22.9. The number of rotatable bonds is 5. The number of benzene rings is 2. The highest BCUT2D eigenvalue weighted by atomic mass is 16.5. The van der Waals surface area contributed by atoms with E-state index in [1.165, 1.54) is 12.1 Å². The number of aromatic nitrogens is 2. The molecule has 1 saturated heterocycles. The van der Waals surface area contributed by atoms with Crippen molar-refractivity contribution < 1.29 is 20.1 Å². The fourth-order valence-electron chi connectivity index (χ4n) is 2.95. The molecule has 6 heteroatoms. The molecule has 0 amide bonds. The van der Waals surface area contributed by atoms with Crippen LogP contribution in [0.15, 0.2) is 60.8 Å². The molecule has 1 N–H and O–H groups in total. The summed E-state index contributed by atoms with van der Waals surface area (Å²) in [6.45, 7) is -4.26. The first-order chi connectivity index (χ1) is 15.1. The van der Waals surface area contributed by atoms with Gasteiger partial charge in [-0.25, -0.2) is 14.8 Å². The number of morpholine rings is 1. The van der Waals surface area contributed by atoms with Crippen LogP contribution in [0, 0.1) is 0 Å². The predicted molar refractivity (Wildman–Crippen MR) is 107 cm³/mol. The summed E-state index contributed by atoms with van der Waals surface area (Å²) in [5.74, 6) is -0.371. The molecular formula is C22H21N3O3. The van der Waals surface area contributed by atoms with Crippen LogP contribution in [0.5, 0.6) is 0 Å². The molecule has 3 aromatic rings. The highest BCUT2D eigenvalue weighted by molar-refractivity contribution is 5.88. The van der Waals surface area contributed by atoms with Crippen molar-refractivity contribution >= 4 is 11.7 Å². The van der Waals surface area contributed by atoms with Crippen molar-refractivity contribution in [3.63, 3.8) is 0 Å². The lowest BCUT2D eigenvalue weighted by molar-refractivity contribution is 0.0697. The van der Waals surface area contributed by atoms with Crippen molar-refractivity contribution in [2.75, 3.05) is 31.1 Å². The van der Waals surface area contributed by atoms with Gasteiger partial charge in [0.15, 0.2) is 0 Å². The fraction of sp³-hybridized carbons (Fsp3) is 0.227. The lowest BCUT2D eigenvalue weighted by Crippen LogP contribution is -2.36. The molecule has 1 aromatic heterocycles. The second-order valence-electron chi connectivity index (χ2n) is 6.33. The van der Waals surface area contributed by atoms with E-state index in [-0.39, 0.29) is 18.7 Å². The molecule has 1 aliphatic rings. The van der Waals surface area contributed by atoms with Gasteiger partial charge in [0.05, 0.1) is 29.9 Å². The van der Waals surface area contributed by atoms with Crippen LogP contribution in [0.3, 0.4) is 0 Å². The van der Waals surface area contributed by atoms with Crippen LogP contribution in [-0.4, -0.2) is 47.3 Å². The first-order valence-electron chi connectivity index (χ1n) is 10.8. The van der Waals surface area contributed by atoms with Crippen molar-refractivity contribution in [1.29, 1.82) is 0 Å². The molecule has 0 aliphatic carbocycles. The van der Waals surface area contributed by atoms with Crippen LogP contribution >= 0.6 is 0 Å².